The van der Waals surface area contributed by atoms with Crippen LogP contribution in [0.25, 0.3) is 0 Å². The summed E-state index contributed by atoms with van der Waals surface area (Å²) in [6.45, 7) is 4.23. The molecule has 0 amide bonds. The van der Waals surface area contributed by atoms with Crippen LogP contribution in [0.5, 0.6) is 0 Å². The molecule has 1 aromatic rings. The van der Waals surface area contributed by atoms with Crippen LogP contribution < -0.4 is 5.32 Å². The number of nitrogens with one attached hydrogen (secondary N) is 1. The van der Waals surface area contributed by atoms with Crippen LogP contribution in [-0.2, 0) is 28.6 Å². The van der Waals surface area contributed by atoms with Crippen LogP contribution in [0, 0.1) is 5.41 Å². The summed E-state index contributed by atoms with van der Waals surface area (Å²) in [6, 6.07) is 0.864. The molecule has 0 radical (unpaired) electrons. The highest BCUT2D eigenvalue weighted by molar-refractivity contribution is 6.40. The minimum atomic E-state index is -2.64. The predicted molar refractivity (Wildman–Crippen MR) is 101 cm³/mol. The van der Waals surface area contributed by atoms with Gasteiger partial charge in [-0.2, -0.15) is 0 Å². The number of carbonyl (C=O) groups excluding carboxylic acids is 4. The van der Waals surface area contributed by atoms with Crippen molar-refractivity contribution in [2.24, 2.45) is 5.41 Å². The van der Waals surface area contributed by atoms with Crippen LogP contribution in [0.3, 0.4) is 0 Å². The van der Waals surface area contributed by atoms with Crippen LogP contribution in [0.4, 0.5) is 5.69 Å². The summed E-state index contributed by atoms with van der Waals surface area (Å²) >= 11 is 12.1. The van der Waals surface area contributed by atoms with E-state index in [1.807, 2.05) is 0 Å². The molecule has 28 heavy (non-hydrogen) atoms. The second-order valence-electron chi connectivity index (χ2n) is 5.72. The smallest absolute Gasteiger partial charge is 0.334 e. The quantitative estimate of drug-likeness (QED) is 0.415. The number of fused-ring (bicyclic) bond motifs is 1. The molecular weight excluding hydrogens is 413 g/mol. The van der Waals surface area contributed by atoms with Gasteiger partial charge in [-0.3, -0.25) is 14.4 Å². The van der Waals surface area contributed by atoms with Crippen molar-refractivity contribution < 1.29 is 33.4 Å². The average Bonchev–Trinajstić information content (AvgIpc) is 2.62. The lowest BCUT2D eigenvalue weighted by molar-refractivity contribution is -0.173. The maximum absolute atomic E-state index is 13.4. The van der Waals surface area contributed by atoms with E-state index in [4.69, 9.17) is 37.4 Å². The second-order valence-corrected chi connectivity index (χ2v) is 6.56. The molecule has 1 unspecified atom stereocenters. The summed E-state index contributed by atoms with van der Waals surface area (Å²) in [7, 11) is 0. The Hall–Kier alpha value is -2.32. The van der Waals surface area contributed by atoms with Gasteiger partial charge in [-0.25, -0.2) is 4.79 Å². The van der Waals surface area contributed by atoms with Crippen LogP contribution in [0.2, 0.25) is 10.0 Å². The molecule has 1 aliphatic rings. The Balaban J connectivity index is 2.81. The number of halogens is 2. The van der Waals surface area contributed by atoms with E-state index in [0.717, 1.165) is 0 Å². The molecule has 1 aliphatic heterocycles. The van der Waals surface area contributed by atoms with E-state index in [0.29, 0.717) is 0 Å². The molecule has 0 saturated carbocycles. The van der Waals surface area contributed by atoms with Crippen molar-refractivity contribution in [1.29, 1.82) is 0 Å². The summed E-state index contributed by atoms with van der Waals surface area (Å²) in [5, 5.41) is 2.83. The van der Waals surface area contributed by atoms with Gasteiger partial charge in [0.25, 0.3) is 5.41 Å². The van der Waals surface area contributed by atoms with Crippen LogP contribution in [-0.4, -0.2) is 49.6 Å². The number of hydrogen-bond acceptors (Lipinski definition) is 8. The van der Waals surface area contributed by atoms with Crippen molar-refractivity contribution in [3.63, 3.8) is 0 Å². The third-order valence-corrected chi connectivity index (χ3v) is 4.61. The Kier molecular flexibility index (Phi) is 6.90. The number of rotatable bonds is 6. The predicted octanol–water partition coefficient (Wildman–Crippen LogP) is 2.65. The van der Waals surface area contributed by atoms with E-state index in [1.54, 1.807) is 6.92 Å². The summed E-state index contributed by atoms with van der Waals surface area (Å²) < 4.78 is 14.9. The van der Waals surface area contributed by atoms with Crippen molar-refractivity contribution >= 4 is 52.6 Å². The number of hydrogen-bond donors (Lipinski definition) is 1. The zero-order chi connectivity index (χ0) is 21.1. The van der Waals surface area contributed by atoms with E-state index in [-0.39, 0.29) is 41.1 Å². The average molecular weight is 432 g/mol. The number of anilines is 1. The molecule has 2 rings (SSSR count). The Bertz CT molecular complexity index is 806. The second kappa shape index (κ2) is 8.79. The molecule has 152 valence electrons. The molecule has 1 atom stereocenters. The van der Waals surface area contributed by atoms with Crippen molar-refractivity contribution in [3.8, 4) is 0 Å². The van der Waals surface area contributed by atoms with Crippen LogP contribution in [0.15, 0.2) is 12.1 Å². The van der Waals surface area contributed by atoms with Gasteiger partial charge in [-0.05, 0) is 32.9 Å². The van der Waals surface area contributed by atoms with E-state index in [9.17, 15) is 19.2 Å². The molecule has 0 aromatic heterocycles. The van der Waals surface area contributed by atoms with Crippen LogP contribution >= 0.6 is 23.2 Å². The summed E-state index contributed by atoms with van der Waals surface area (Å²) in [4.78, 5) is 51.8. The van der Waals surface area contributed by atoms with Crippen molar-refractivity contribution in [2.75, 3.05) is 25.1 Å². The maximum atomic E-state index is 13.4. The lowest BCUT2D eigenvalue weighted by Crippen LogP contribution is -2.64. The Morgan fingerprint density at radius 3 is 2.04 bits per heavy atom. The van der Waals surface area contributed by atoms with Gasteiger partial charge in [0.1, 0.15) is 0 Å². The monoisotopic (exact) mass is 431 g/mol. The highest BCUT2D eigenvalue weighted by Gasteiger charge is 2.67. The van der Waals surface area contributed by atoms with E-state index in [1.165, 1.54) is 26.0 Å². The molecule has 0 saturated heterocycles. The van der Waals surface area contributed by atoms with Gasteiger partial charge < -0.3 is 19.5 Å². The van der Waals surface area contributed by atoms with E-state index >= 15 is 0 Å². The van der Waals surface area contributed by atoms with Crippen molar-refractivity contribution in [2.45, 2.75) is 26.8 Å². The molecule has 10 heteroatoms. The first-order valence-corrected chi connectivity index (χ1v) is 9.32. The molecule has 1 N–H and O–H groups in total. The van der Waals surface area contributed by atoms with Gasteiger partial charge in [0.15, 0.2) is 11.8 Å². The highest BCUT2D eigenvalue weighted by Crippen LogP contribution is 2.44. The summed E-state index contributed by atoms with van der Waals surface area (Å²) in [6.07, 6.45) is 0. The van der Waals surface area contributed by atoms with Crippen molar-refractivity contribution in [1.82, 2.24) is 0 Å². The third kappa shape index (κ3) is 3.54. The van der Waals surface area contributed by atoms with E-state index in [2.05, 4.69) is 5.32 Å². The largest absolute Gasteiger partial charge is 0.465 e. The first kappa shape index (κ1) is 22.0. The topological polar surface area (TPSA) is 108 Å². The van der Waals surface area contributed by atoms with Gasteiger partial charge in [-0.1, -0.05) is 23.2 Å². The molecule has 0 aliphatic carbocycles. The third-order valence-electron chi connectivity index (χ3n) is 4.10. The minimum Gasteiger partial charge on any atom is -0.465 e. The molecule has 8 nitrogen and oxygen atoms in total. The molecular formula is C18H19Cl2NO7. The number of benzene rings is 1. The lowest BCUT2D eigenvalue weighted by atomic mass is 9.70. The zero-order valence-corrected chi connectivity index (χ0v) is 17.0. The summed E-state index contributed by atoms with van der Waals surface area (Å²) in [5.41, 5.74) is -2.73. The number of esters is 3. The first-order chi connectivity index (χ1) is 13.2. The Labute approximate surface area is 171 Å². The minimum absolute atomic E-state index is 0.0338. The lowest BCUT2D eigenvalue weighted by Gasteiger charge is -2.38. The normalized spacial score (nSPS) is 17.2. The SMILES string of the molecule is CCOC(=O)C1Nc2c(Cl)cc(Cl)cc2C(=O)C1(C(=O)OCC)C(=O)OCC. The Morgan fingerprint density at radius 1 is 1.00 bits per heavy atom. The Morgan fingerprint density at radius 2 is 1.54 bits per heavy atom. The van der Waals surface area contributed by atoms with Crippen molar-refractivity contribution in [3.05, 3.63) is 27.7 Å². The highest BCUT2D eigenvalue weighted by atomic mass is 35.5. The van der Waals surface area contributed by atoms with Crippen LogP contribution in [0.1, 0.15) is 31.1 Å². The number of ketones is 1. The van der Waals surface area contributed by atoms with Gasteiger partial charge in [0, 0.05) is 10.6 Å². The molecule has 0 bridgehead atoms. The fourth-order valence-corrected chi connectivity index (χ4v) is 3.50. The zero-order valence-electron chi connectivity index (χ0n) is 15.5. The number of Topliss-reactive ketones (excluding diaryl/α,β-unsaturated/α-hetero) is 1. The summed E-state index contributed by atoms with van der Waals surface area (Å²) in [5.74, 6) is -4.48. The van der Waals surface area contributed by atoms with Gasteiger partial charge in [0.05, 0.1) is 30.5 Å². The molecule has 1 aromatic carbocycles. The number of carbonyl (C=O) groups is 4. The first-order valence-electron chi connectivity index (χ1n) is 8.56. The van der Waals surface area contributed by atoms with Gasteiger partial charge >= 0.3 is 17.9 Å². The number of ether oxygens (including phenoxy) is 3. The maximum Gasteiger partial charge on any atom is 0.334 e. The van der Waals surface area contributed by atoms with Gasteiger partial charge in [-0.15, -0.1) is 0 Å². The fraction of sp³-hybridized carbons (Fsp3) is 0.444. The molecule has 0 fully saturated rings. The molecule has 1 heterocycles. The fourth-order valence-electron chi connectivity index (χ4n) is 2.95. The van der Waals surface area contributed by atoms with Gasteiger partial charge in [0.2, 0.25) is 0 Å². The van der Waals surface area contributed by atoms with E-state index < -0.39 is 35.1 Å². The standard InChI is InChI=1S/C18H19Cl2NO7/c1-4-26-15(23)13-18(16(24)27-5-2,17(25)28-6-3)14(22)10-7-9(19)8-11(20)12(10)21-13/h7-8,13,21H,4-6H2,1-3H3. The molecule has 0 spiro atoms.